The Bertz CT molecular complexity index is 407. The molecule has 1 aromatic rings. The number of ether oxygens (including phenoxy) is 1. The van der Waals surface area contributed by atoms with Gasteiger partial charge >= 0.3 is 0 Å². The van der Waals surface area contributed by atoms with Crippen molar-refractivity contribution in [2.24, 2.45) is 0 Å². The van der Waals surface area contributed by atoms with E-state index in [-0.39, 0.29) is 11.4 Å². The van der Waals surface area contributed by atoms with Crippen molar-refractivity contribution < 1.29 is 9.13 Å². The third kappa shape index (κ3) is 3.07. The summed E-state index contributed by atoms with van der Waals surface area (Å²) in [7, 11) is 0. The molecule has 2 heterocycles. The van der Waals surface area contributed by atoms with Crippen molar-refractivity contribution in [3.05, 3.63) is 12.0 Å². The van der Waals surface area contributed by atoms with E-state index in [2.05, 4.69) is 20.6 Å². The molecule has 0 bridgehead atoms. The second-order valence-corrected chi connectivity index (χ2v) is 4.81. The highest BCUT2D eigenvalue weighted by molar-refractivity contribution is 5.43. The molecule has 2 rings (SSSR count). The van der Waals surface area contributed by atoms with Crippen LogP contribution in [0.5, 0.6) is 0 Å². The molecule has 0 aliphatic carbocycles. The van der Waals surface area contributed by atoms with E-state index in [4.69, 9.17) is 4.74 Å². The summed E-state index contributed by atoms with van der Waals surface area (Å²) in [6.07, 6.45) is 3.00. The van der Waals surface area contributed by atoms with Crippen LogP contribution in [0.15, 0.2) is 6.20 Å². The minimum atomic E-state index is -0.440. The van der Waals surface area contributed by atoms with Crippen molar-refractivity contribution in [3.63, 3.8) is 0 Å². The molecule has 0 amide bonds. The smallest absolute Gasteiger partial charge is 0.224 e. The van der Waals surface area contributed by atoms with Crippen molar-refractivity contribution in [2.45, 2.75) is 32.2 Å². The Balaban J connectivity index is 2.10. The van der Waals surface area contributed by atoms with Gasteiger partial charge in [0, 0.05) is 13.2 Å². The zero-order valence-electron chi connectivity index (χ0n) is 10.8. The van der Waals surface area contributed by atoms with Gasteiger partial charge in [-0.15, -0.1) is 0 Å². The Kier molecular flexibility index (Phi) is 3.96. The second-order valence-electron chi connectivity index (χ2n) is 4.81. The summed E-state index contributed by atoms with van der Waals surface area (Å²) in [6.45, 7) is 6.07. The third-order valence-electron chi connectivity index (χ3n) is 2.92. The van der Waals surface area contributed by atoms with Gasteiger partial charge in [0.05, 0.1) is 18.3 Å². The first-order chi connectivity index (χ1) is 8.63. The highest BCUT2D eigenvalue weighted by Gasteiger charge is 2.30. The van der Waals surface area contributed by atoms with Crippen LogP contribution >= 0.6 is 0 Å². The number of halogens is 1. The maximum atomic E-state index is 13.7. The lowest BCUT2D eigenvalue weighted by Crippen LogP contribution is -2.35. The zero-order chi connectivity index (χ0) is 13.0. The molecule has 18 heavy (non-hydrogen) atoms. The molecular formula is C12H19FN4O. The standard InChI is InChI=1S/C12H19FN4O/c1-3-5-14-11-15-7-9(13)10(16-11)17-12(2)4-6-18-8-12/h7H,3-6,8H2,1-2H3,(H2,14,15,16,17). The van der Waals surface area contributed by atoms with Crippen molar-refractivity contribution >= 4 is 11.8 Å². The summed E-state index contributed by atoms with van der Waals surface area (Å²) in [5, 5.41) is 6.15. The molecule has 1 atom stereocenters. The predicted octanol–water partition coefficient (Wildman–Crippen LogP) is 2.03. The number of anilines is 2. The lowest BCUT2D eigenvalue weighted by Gasteiger charge is -2.24. The zero-order valence-corrected chi connectivity index (χ0v) is 10.8. The Labute approximate surface area is 106 Å². The molecule has 2 N–H and O–H groups in total. The molecule has 100 valence electrons. The normalized spacial score (nSPS) is 23.1. The SMILES string of the molecule is CCCNc1ncc(F)c(NC2(C)CCOC2)n1. The first kappa shape index (κ1) is 13.0. The van der Waals surface area contributed by atoms with E-state index in [1.165, 1.54) is 6.20 Å². The molecule has 1 aliphatic rings. The molecule has 1 aromatic heterocycles. The highest BCUT2D eigenvalue weighted by Crippen LogP contribution is 2.24. The summed E-state index contributed by atoms with van der Waals surface area (Å²) in [5.41, 5.74) is -0.253. The van der Waals surface area contributed by atoms with Gasteiger partial charge in [-0.25, -0.2) is 9.37 Å². The van der Waals surface area contributed by atoms with Crippen LogP contribution < -0.4 is 10.6 Å². The minimum absolute atomic E-state index is 0.233. The first-order valence-corrected chi connectivity index (χ1v) is 6.25. The molecule has 0 aromatic carbocycles. The summed E-state index contributed by atoms with van der Waals surface area (Å²) in [4.78, 5) is 8.06. The molecule has 1 aliphatic heterocycles. The van der Waals surface area contributed by atoms with Gasteiger partial charge in [0.15, 0.2) is 11.6 Å². The monoisotopic (exact) mass is 254 g/mol. The Morgan fingerprint density at radius 2 is 2.39 bits per heavy atom. The van der Waals surface area contributed by atoms with E-state index in [0.29, 0.717) is 19.2 Å². The number of aromatic nitrogens is 2. The van der Waals surface area contributed by atoms with Gasteiger partial charge in [-0.1, -0.05) is 6.92 Å². The van der Waals surface area contributed by atoms with Crippen molar-refractivity contribution in [3.8, 4) is 0 Å². The van der Waals surface area contributed by atoms with Crippen LogP contribution in [0.4, 0.5) is 16.2 Å². The van der Waals surface area contributed by atoms with Crippen LogP contribution in [0.3, 0.4) is 0 Å². The molecule has 1 saturated heterocycles. The fourth-order valence-electron chi connectivity index (χ4n) is 1.83. The van der Waals surface area contributed by atoms with E-state index in [1.54, 1.807) is 0 Å². The van der Waals surface area contributed by atoms with Crippen LogP contribution in [0.1, 0.15) is 26.7 Å². The van der Waals surface area contributed by atoms with E-state index >= 15 is 0 Å². The number of nitrogens with one attached hydrogen (secondary N) is 2. The molecule has 1 fully saturated rings. The molecular weight excluding hydrogens is 235 g/mol. The quantitative estimate of drug-likeness (QED) is 0.842. The van der Waals surface area contributed by atoms with Gasteiger partial charge in [-0.3, -0.25) is 0 Å². The molecule has 5 nitrogen and oxygen atoms in total. The van der Waals surface area contributed by atoms with Gasteiger partial charge in [0.2, 0.25) is 5.95 Å². The topological polar surface area (TPSA) is 59.1 Å². The van der Waals surface area contributed by atoms with Crippen molar-refractivity contribution in [1.82, 2.24) is 9.97 Å². The van der Waals surface area contributed by atoms with Crippen LogP contribution in [0.25, 0.3) is 0 Å². The highest BCUT2D eigenvalue weighted by atomic mass is 19.1. The van der Waals surface area contributed by atoms with Crippen LogP contribution in [0, 0.1) is 5.82 Å². The fraction of sp³-hybridized carbons (Fsp3) is 0.667. The van der Waals surface area contributed by atoms with Crippen molar-refractivity contribution in [2.75, 3.05) is 30.4 Å². The van der Waals surface area contributed by atoms with E-state index in [9.17, 15) is 4.39 Å². The van der Waals surface area contributed by atoms with Gasteiger partial charge in [-0.05, 0) is 19.8 Å². The summed E-state index contributed by atoms with van der Waals surface area (Å²) >= 11 is 0. The lowest BCUT2D eigenvalue weighted by atomic mass is 10.0. The van der Waals surface area contributed by atoms with Gasteiger partial charge in [0.1, 0.15) is 0 Å². The summed E-state index contributed by atoms with van der Waals surface area (Å²) < 4.78 is 19.0. The summed E-state index contributed by atoms with van der Waals surface area (Å²) in [5.74, 6) is 0.241. The Morgan fingerprint density at radius 1 is 1.56 bits per heavy atom. The Morgan fingerprint density at radius 3 is 3.06 bits per heavy atom. The molecule has 0 radical (unpaired) electrons. The van der Waals surface area contributed by atoms with Crippen LogP contribution in [-0.2, 0) is 4.74 Å². The molecule has 0 saturated carbocycles. The Hall–Kier alpha value is -1.43. The number of hydrogen-bond acceptors (Lipinski definition) is 5. The number of hydrogen-bond donors (Lipinski definition) is 2. The maximum Gasteiger partial charge on any atom is 0.224 e. The second kappa shape index (κ2) is 5.48. The van der Waals surface area contributed by atoms with Crippen LogP contribution in [0.2, 0.25) is 0 Å². The molecule has 6 heteroatoms. The van der Waals surface area contributed by atoms with E-state index in [1.807, 2.05) is 13.8 Å². The summed E-state index contributed by atoms with van der Waals surface area (Å²) in [6, 6.07) is 0. The predicted molar refractivity (Wildman–Crippen MR) is 68.2 cm³/mol. The van der Waals surface area contributed by atoms with E-state index in [0.717, 1.165) is 19.4 Å². The molecule has 1 unspecified atom stereocenters. The average Bonchev–Trinajstić information content (AvgIpc) is 2.77. The van der Waals surface area contributed by atoms with Gasteiger partial charge < -0.3 is 15.4 Å². The van der Waals surface area contributed by atoms with Gasteiger partial charge in [-0.2, -0.15) is 4.98 Å². The van der Waals surface area contributed by atoms with Crippen LogP contribution in [-0.4, -0.2) is 35.3 Å². The third-order valence-corrected chi connectivity index (χ3v) is 2.92. The molecule has 0 spiro atoms. The first-order valence-electron chi connectivity index (χ1n) is 6.25. The number of nitrogens with zero attached hydrogens (tertiary/aromatic N) is 2. The largest absolute Gasteiger partial charge is 0.379 e. The van der Waals surface area contributed by atoms with E-state index < -0.39 is 5.82 Å². The van der Waals surface area contributed by atoms with Gasteiger partial charge in [0.25, 0.3) is 0 Å². The minimum Gasteiger partial charge on any atom is -0.379 e. The maximum absolute atomic E-state index is 13.7. The van der Waals surface area contributed by atoms with Crippen molar-refractivity contribution in [1.29, 1.82) is 0 Å². The fourth-order valence-corrected chi connectivity index (χ4v) is 1.83. The average molecular weight is 254 g/mol. The number of rotatable bonds is 5. The lowest BCUT2D eigenvalue weighted by molar-refractivity contribution is 0.185.